The molecule has 2 nitrogen and oxygen atoms in total. The summed E-state index contributed by atoms with van der Waals surface area (Å²) >= 11 is 1.81. The van der Waals surface area contributed by atoms with Gasteiger partial charge < -0.3 is 5.32 Å². The Morgan fingerprint density at radius 2 is 2.27 bits per heavy atom. The Morgan fingerprint density at radius 3 is 2.87 bits per heavy atom. The molecular formula is C12H16N2S. The third-order valence-corrected chi connectivity index (χ3v) is 4.02. The molecule has 0 aliphatic carbocycles. The fourth-order valence-electron chi connectivity index (χ4n) is 1.64. The lowest BCUT2D eigenvalue weighted by Crippen LogP contribution is -2.20. The summed E-state index contributed by atoms with van der Waals surface area (Å²) in [5.74, 6) is 1.08. The van der Waals surface area contributed by atoms with Crippen LogP contribution in [0.2, 0.25) is 0 Å². The van der Waals surface area contributed by atoms with E-state index in [0.717, 1.165) is 12.3 Å². The molecule has 0 radical (unpaired) electrons. The highest BCUT2D eigenvalue weighted by molar-refractivity contribution is 7.10. The average molecular weight is 220 g/mol. The number of aliphatic imine (C=N–C) groups is 1. The summed E-state index contributed by atoms with van der Waals surface area (Å²) in [7, 11) is 0. The van der Waals surface area contributed by atoms with Crippen LogP contribution in [-0.4, -0.2) is 5.84 Å². The van der Waals surface area contributed by atoms with E-state index in [4.69, 9.17) is 0 Å². The lowest BCUT2D eigenvalue weighted by atomic mass is 10.1. The molecule has 0 spiro atoms. The van der Waals surface area contributed by atoms with Crippen molar-refractivity contribution in [1.82, 2.24) is 5.32 Å². The van der Waals surface area contributed by atoms with Gasteiger partial charge in [-0.1, -0.05) is 6.92 Å². The minimum absolute atomic E-state index is 0.222. The van der Waals surface area contributed by atoms with Crippen molar-refractivity contribution < 1.29 is 0 Å². The highest BCUT2D eigenvalue weighted by Gasteiger charge is 2.15. The molecule has 0 saturated heterocycles. The first-order valence-corrected chi connectivity index (χ1v) is 6.14. The fourth-order valence-corrected chi connectivity index (χ4v) is 2.73. The Morgan fingerprint density at radius 1 is 1.47 bits per heavy atom. The van der Waals surface area contributed by atoms with Crippen LogP contribution < -0.4 is 5.32 Å². The van der Waals surface area contributed by atoms with Gasteiger partial charge in [-0.2, -0.15) is 0 Å². The maximum absolute atomic E-state index is 4.67. The molecule has 1 aromatic heterocycles. The summed E-state index contributed by atoms with van der Waals surface area (Å²) < 4.78 is 0. The first-order chi connectivity index (χ1) is 7.22. The summed E-state index contributed by atoms with van der Waals surface area (Å²) in [5, 5.41) is 5.38. The Kier molecular flexibility index (Phi) is 2.91. The van der Waals surface area contributed by atoms with Crippen molar-refractivity contribution >= 4 is 17.2 Å². The predicted octanol–water partition coefficient (Wildman–Crippen LogP) is 3.33. The zero-order valence-electron chi connectivity index (χ0n) is 9.37. The van der Waals surface area contributed by atoms with E-state index >= 15 is 0 Å². The minimum atomic E-state index is 0.222. The normalized spacial score (nSPS) is 19.9. The fraction of sp³-hybridized carbons (Fsp3) is 0.417. The van der Waals surface area contributed by atoms with E-state index in [0.29, 0.717) is 0 Å². The highest BCUT2D eigenvalue weighted by Crippen LogP contribution is 2.31. The maximum Gasteiger partial charge on any atom is 0.106 e. The number of thiophene rings is 1. The Balaban J connectivity index is 2.31. The van der Waals surface area contributed by atoms with Crippen LogP contribution in [0.25, 0.3) is 0 Å². The van der Waals surface area contributed by atoms with Gasteiger partial charge in [0.05, 0.1) is 0 Å². The average Bonchev–Trinajstić information content (AvgIpc) is 2.60. The van der Waals surface area contributed by atoms with Gasteiger partial charge in [-0.25, -0.2) is 0 Å². The number of aryl methyl sites for hydroxylation is 1. The van der Waals surface area contributed by atoms with E-state index in [1.807, 2.05) is 17.5 Å². The number of amidine groups is 1. The third kappa shape index (κ3) is 1.97. The van der Waals surface area contributed by atoms with Crippen molar-refractivity contribution in [3.8, 4) is 0 Å². The van der Waals surface area contributed by atoms with Crippen molar-refractivity contribution in [1.29, 1.82) is 0 Å². The molecule has 1 atom stereocenters. The lowest BCUT2D eigenvalue weighted by molar-refractivity contribution is 0.866. The van der Waals surface area contributed by atoms with Crippen LogP contribution in [0.5, 0.6) is 0 Å². The molecule has 0 fully saturated rings. The minimum Gasteiger partial charge on any atom is -0.351 e. The second-order valence-corrected chi connectivity index (χ2v) is 4.70. The number of hydrogen-bond acceptors (Lipinski definition) is 3. The van der Waals surface area contributed by atoms with Crippen LogP contribution in [0.3, 0.4) is 0 Å². The van der Waals surface area contributed by atoms with E-state index < -0.39 is 0 Å². The molecule has 0 saturated carbocycles. The lowest BCUT2D eigenvalue weighted by Gasteiger charge is -2.15. The monoisotopic (exact) mass is 220 g/mol. The molecule has 0 bridgehead atoms. The molecule has 80 valence electrons. The van der Waals surface area contributed by atoms with Crippen molar-refractivity contribution in [3.63, 3.8) is 0 Å². The van der Waals surface area contributed by atoms with E-state index in [1.165, 1.54) is 16.0 Å². The summed E-state index contributed by atoms with van der Waals surface area (Å²) in [6, 6.07) is 0.222. The zero-order chi connectivity index (χ0) is 10.8. The molecule has 2 rings (SSSR count). The highest BCUT2D eigenvalue weighted by atomic mass is 32.1. The van der Waals surface area contributed by atoms with E-state index in [9.17, 15) is 0 Å². The van der Waals surface area contributed by atoms with E-state index in [-0.39, 0.29) is 6.04 Å². The van der Waals surface area contributed by atoms with Crippen LogP contribution in [0.1, 0.15) is 35.4 Å². The summed E-state index contributed by atoms with van der Waals surface area (Å²) in [5.41, 5.74) is 2.76. The molecule has 3 heteroatoms. The van der Waals surface area contributed by atoms with E-state index in [2.05, 4.69) is 42.5 Å². The van der Waals surface area contributed by atoms with Gasteiger partial charge in [-0.3, -0.25) is 4.99 Å². The molecule has 0 aromatic carbocycles. The predicted molar refractivity (Wildman–Crippen MR) is 66.5 cm³/mol. The third-order valence-electron chi connectivity index (χ3n) is 2.75. The van der Waals surface area contributed by atoms with Crippen LogP contribution in [-0.2, 0) is 0 Å². The van der Waals surface area contributed by atoms with Crippen LogP contribution >= 0.6 is 11.3 Å². The van der Waals surface area contributed by atoms with Gasteiger partial charge in [-0.05, 0) is 36.4 Å². The van der Waals surface area contributed by atoms with Gasteiger partial charge in [0.25, 0.3) is 0 Å². The number of hydrogen-bond donors (Lipinski definition) is 1. The smallest absolute Gasteiger partial charge is 0.106 e. The van der Waals surface area contributed by atoms with Crippen molar-refractivity contribution in [3.05, 3.63) is 33.7 Å². The molecule has 1 aliphatic rings. The van der Waals surface area contributed by atoms with Crippen LogP contribution in [0, 0.1) is 13.8 Å². The Labute approximate surface area is 94.7 Å². The SMILES string of the molecule is CCC1=NC(c2scc(C)c2C)C=CN1. The number of nitrogens with zero attached hydrogens (tertiary/aromatic N) is 1. The molecular weight excluding hydrogens is 204 g/mol. The quantitative estimate of drug-likeness (QED) is 0.812. The van der Waals surface area contributed by atoms with Gasteiger partial charge >= 0.3 is 0 Å². The summed E-state index contributed by atoms with van der Waals surface area (Å²) in [4.78, 5) is 6.05. The molecule has 1 aliphatic heterocycles. The summed E-state index contributed by atoms with van der Waals surface area (Å²) in [6.07, 6.45) is 5.09. The van der Waals surface area contributed by atoms with Crippen molar-refractivity contribution in [2.75, 3.05) is 0 Å². The van der Waals surface area contributed by atoms with Crippen molar-refractivity contribution in [2.45, 2.75) is 33.2 Å². The number of rotatable bonds is 2. The first kappa shape index (κ1) is 10.4. The van der Waals surface area contributed by atoms with Gasteiger partial charge in [0, 0.05) is 17.5 Å². The van der Waals surface area contributed by atoms with Gasteiger partial charge in [0.2, 0.25) is 0 Å². The molecule has 1 aromatic rings. The second kappa shape index (κ2) is 4.19. The van der Waals surface area contributed by atoms with Crippen molar-refractivity contribution in [2.24, 2.45) is 4.99 Å². The van der Waals surface area contributed by atoms with Crippen LogP contribution in [0.15, 0.2) is 22.6 Å². The van der Waals surface area contributed by atoms with E-state index in [1.54, 1.807) is 0 Å². The van der Waals surface area contributed by atoms with Gasteiger partial charge in [0.1, 0.15) is 11.9 Å². The van der Waals surface area contributed by atoms with Crippen LogP contribution in [0.4, 0.5) is 0 Å². The topological polar surface area (TPSA) is 24.4 Å². The molecule has 1 unspecified atom stereocenters. The zero-order valence-corrected chi connectivity index (χ0v) is 10.2. The Bertz CT molecular complexity index is 415. The maximum atomic E-state index is 4.67. The first-order valence-electron chi connectivity index (χ1n) is 5.26. The molecule has 0 amide bonds. The summed E-state index contributed by atoms with van der Waals surface area (Å²) in [6.45, 7) is 6.46. The molecule has 1 N–H and O–H groups in total. The molecule has 2 heterocycles. The van der Waals surface area contributed by atoms with Gasteiger partial charge in [0.15, 0.2) is 0 Å². The Hall–Kier alpha value is -1.09. The molecule has 15 heavy (non-hydrogen) atoms. The van der Waals surface area contributed by atoms with Gasteiger partial charge in [-0.15, -0.1) is 11.3 Å². The largest absolute Gasteiger partial charge is 0.351 e. The number of nitrogens with one attached hydrogen (secondary N) is 1. The second-order valence-electron chi connectivity index (χ2n) is 3.79. The standard InChI is InChI=1S/C12H16N2S/c1-4-11-13-6-5-10(14-11)12-9(3)8(2)7-15-12/h5-7,10H,4H2,1-3H3,(H,13,14).